The van der Waals surface area contributed by atoms with Gasteiger partial charge in [-0.2, -0.15) is 0 Å². The summed E-state index contributed by atoms with van der Waals surface area (Å²) in [4.78, 5) is 0. The van der Waals surface area contributed by atoms with Gasteiger partial charge < -0.3 is 5.11 Å². The zero-order valence-electron chi connectivity index (χ0n) is 6.30. The predicted molar refractivity (Wildman–Crippen MR) is 40.0 cm³/mol. The minimum atomic E-state index is -2.69. The van der Waals surface area contributed by atoms with Crippen molar-refractivity contribution in [2.75, 3.05) is 0 Å². The molecule has 0 spiro atoms. The Morgan fingerprint density at radius 3 is 2.58 bits per heavy atom. The van der Waals surface area contributed by atoms with E-state index < -0.39 is 12.0 Å². The molecule has 0 aromatic heterocycles. The summed E-state index contributed by atoms with van der Waals surface area (Å²) in [6.07, 6.45) is -2.62. The third-order valence-corrected chi connectivity index (χ3v) is 2.30. The molecule has 0 heterocycles. The van der Waals surface area contributed by atoms with Gasteiger partial charge in [0, 0.05) is 6.42 Å². The summed E-state index contributed by atoms with van der Waals surface area (Å²) in [5.74, 6) is 0. The first-order valence-electron chi connectivity index (χ1n) is 3.73. The lowest BCUT2D eigenvalue weighted by Crippen LogP contribution is -2.44. The first kappa shape index (κ1) is 7.68. The van der Waals surface area contributed by atoms with Crippen molar-refractivity contribution in [3.8, 4) is 0 Å². The van der Waals surface area contributed by atoms with Gasteiger partial charge in [0.2, 0.25) is 0 Å². The Hall–Kier alpha value is -0.960. The van der Waals surface area contributed by atoms with Crippen LogP contribution in [0.4, 0.5) is 8.78 Å². The molecule has 1 aliphatic carbocycles. The molecular weight excluding hydrogens is 162 g/mol. The van der Waals surface area contributed by atoms with E-state index in [0.717, 1.165) is 5.56 Å². The van der Waals surface area contributed by atoms with Crippen LogP contribution in [0, 0.1) is 0 Å². The second-order valence-electron chi connectivity index (χ2n) is 3.06. The Balaban J connectivity index is 2.41. The van der Waals surface area contributed by atoms with E-state index in [1.807, 2.05) is 0 Å². The Labute approximate surface area is 68.6 Å². The molecule has 3 heteroatoms. The van der Waals surface area contributed by atoms with Crippen LogP contribution in [0.25, 0.3) is 0 Å². The molecule has 0 saturated carbocycles. The number of alkyl halides is 2. The highest BCUT2D eigenvalue weighted by Gasteiger charge is 2.48. The second-order valence-corrected chi connectivity index (χ2v) is 3.06. The van der Waals surface area contributed by atoms with E-state index >= 15 is 0 Å². The van der Waals surface area contributed by atoms with Crippen molar-refractivity contribution in [1.82, 2.24) is 0 Å². The third-order valence-electron chi connectivity index (χ3n) is 2.30. The van der Waals surface area contributed by atoms with Gasteiger partial charge in [0.1, 0.15) is 0 Å². The van der Waals surface area contributed by atoms with Gasteiger partial charge >= 0.3 is 0 Å². The molecule has 2 rings (SSSR count). The van der Waals surface area contributed by atoms with Crippen LogP contribution in [0.1, 0.15) is 11.1 Å². The van der Waals surface area contributed by atoms with Gasteiger partial charge in [-0.15, -0.1) is 0 Å². The molecule has 0 aliphatic heterocycles. The molecule has 1 aliphatic rings. The van der Waals surface area contributed by atoms with E-state index in [4.69, 9.17) is 0 Å². The summed E-state index contributed by atoms with van der Waals surface area (Å²) in [7, 11) is 0. The molecule has 0 saturated heterocycles. The second kappa shape index (κ2) is 2.26. The largest absolute Gasteiger partial charge is 0.379 e. The number of rotatable bonds is 1. The Morgan fingerprint density at radius 1 is 1.33 bits per heavy atom. The highest BCUT2D eigenvalue weighted by molar-refractivity contribution is 5.43. The molecule has 1 aromatic rings. The predicted octanol–water partition coefficient (Wildman–Crippen LogP) is 1.70. The maximum Gasteiger partial charge on any atom is 0.271 e. The van der Waals surface area contributed by atoms with Gasteiger partial charge in [-0.05, 0) is 11.1 Å². The molecule has 0 radical (unpaired) electrons. The zero-order chi connectivity index (χ0) is 8.77. The Morgan fingerprint density at radius 2 is 2.00 bits per heavy atom. The first-order chi connectivity index (χ1) is 5.64. The molecule has 12 heavy (non-hydrogen) atoms. The number of hydrogen-bond acceptors (Lipinski definition) is 1. The lowest BCUT2D eigenvalue weighted by atomic mass is 9.74. The van der Waals surface area contributed by atoms with Crippen molar-refractivity contribution in [1.29, 1.82) is 0 Å². The van der Waals surface area contributed by atoms with Crippen LogP contribution in [-0.2, 0) is 12.0 Å². The summed E-state index contributed by atoms with van der Waals surface area (Å²) in [5.41, 5.74) is -0.684. The number of aliphatic hydroxyl groups is 1. The standard InChI is InChI=1S/C9H8F2O/c10-8(11)9(12)5-6-3-1-2-4-7(6)9/h1-4,8,12H,5H2. The number of halogens is 2. The lowest BCUT2D eigenvalue weighted by Gasteiger charge is -2.38. The van der Waals surface area contributed by atoms with Crippen molar-refractivity contribution in [2.24, 2.45) is 0 Å². The average molecular weight is 170 g/mol. The monoisotopic (exact) mass is 170 g/mol. The lowest BCUT2D eigenvalue weighted by molar-refractivity contribution is -0.117. The van der Waals surface area contributed by atoms with Gasteiger partial charge in [0.05, 0.1) is 0 Å². The van der Waals surface area contributed by atoms with Crippen molar-refractivity contribution < 1.29 is 13.9 Å². The van der Waals surface area contributed by atoms with Crippen LogP contribution in [0.15, 0.2) is 24.3 Å². The normalized spacial score (nSPS) is 26.7. The molecule has 1 N–H and O–H groups in total. The van der Waals surface area contributed by atoms with Crippen LogP contribution in [-0.4, -0.2) is 11.5 Å². The zero-order valence-corrected chi connectivity index (χ0v) is 6.30. The van der Waals surface area contributed by atoms with Crippen molar-refractivity contribution in [3.05, 3.63) is 35.4 Å². The molecule has 0 amide bonds. The highest BCUT2D eigenvalue weighted by atomic mass is 19.3. The van der Waals surface area contributed by atoms with E-state index in [2.05, 4.69) is 0 Å². The van der Waals surface area contributed by atoms with E-state index in [1.165, 1.54) is 0 Å². The van der Waals surface area contributed by atoms with Gasteiger partial charge in [0.25, 0.3) is 6.43 Å². The van der Waals surface area contributed by atoms with E-state index in [0.29, 0.717) is 5.56 Å². The summed E-state index contributed by atoms with van der Waals surface area (Å²) in [6.45, 7) is 0. The molecule has 0 bridgehead atoms. The van der Waals surface area contributed by atoms with Crippen molar-refractivity contribution in [3.63, 3.8) is 0 Å². The van der Waals surface area contributed by atoms with E-state index in [9.17, 15) is 13.9 Å². The topological polar surface area (TPSA) is 20.2 Å². The van der Waals surface area contributed by atoms with Gasteiger partial charge in [-0.3, -0.25) is 0 Å². The third kappa shape index (κ3) is 0.799. The molecular formula is C9H8F2O. The van der Waals surface area contributed by atoms with Crippen LogP contribution >= 0.6 is 0 Å². The average Bonchev–Trinajstić information content (AvgIpc) is 2.02. The van der Waals surface area contributed by atoms with Gasteiger partial charge in [-0.1, -0.05) is 24.3 Å². The van der Waals surface area contributed by atoms with Crippen LogP contribution in [0.3, 0.4) is 0 Å². The van der Waals surface area contributed by atoms with Crippen molar-refractivity contribution >= 4 is 0 Å². The minimum Gasteiger partial charge on any atom is -0.379 e. The maximum atomic E-state index is 12.3. The number of benzene rings is 1. The van der Waals surface area contributed by atoms with E-state index in [-0.39, 0.29) is 6.42 Å². The minimum absolute atomic E-state index is 0.0703. The summed E-state index contributed by atoms with van der Waals surface area (Å²) >= 11 is 0. The van der Waals surface area contributed by atoms with Crippen molar-refractivity contribution in [2.45, 2.75) is 18.4 Å². The molecule has 0 fully saturated rings. The fourth-order valence-electron chi connectivity index (χ4n) is 1.57. The summed E-state index contributed by atoms with van der Waals surface area (Å²) < 4.78 is 24.6. The van der Waals surface area contributed by atoms with Crippen LogP contribution in [0.2, 0.25) is 0 Å². The summed E-state index contributed by atoms with van der Waals surface area (Å²) in [5, 5.41) is 9.39. The smallest absolute Gasteiger partial charge is 0.271 e. The SMILES string of the molecule is OC1(C(F)F)Cc2ccccc21. The molecule has 64 valence electrons. The van der Waals surface area contributed by atoms with Gasteiger partial charge in [-0.25, -0.2) is 8.78 Å². The highest BCUT2D eigenvalue weighted by Crippen LogP contribution is 2.42. The quantitative estimate of drug-likeness (QED) is 0.680. The van der Waals surface area contributed by atoms with E-state index in [1.54, 1.807) is 24.3 Å². The first-order valence-corrected chi connectivity index (χ1v) is 3.73. The maximum absolute atomic E-state index is 12.3. The van der Waals surface area contributed by atoms with Crippen LogP contribution in [0.5, 0.6) is 0 Å². The molecule has 1 unspecified atom stereocenters. The number of hydrogen-bond donors (Lipinski definition) is 1. The Bertz CT molecular complexity index is 311. The fraction of sp³-hybridized carbons (Fsp3) is 0.333. The summed E-state index contributed by atoms with van der Waals surface area (Å²) in [6, 6.07) is 6.74. The molecule has 1 aromatic carbocycles. The molecule has 1 nitrogen and oxygen atoms in total. The molecule has 1 atom stereocenters. The van der Waals surface area contributed by atoms with Crippen LogP contribution < -0.4 is 0 Å². The Kier molecular flexibility index (Phi) is 1.45. The number of fused-ring (bicyclic) bond motifs is 1. The fourth-order valence-corrected chi connectivity index (χ4v) is 1.57. The van der Waals surface area contributed by atoms with Gasteiger partial charge in [0.15, 0.2) is 5.60 Å².